The summed E-state index contributed by atoms with van der Waals surface area (Å²) in [5, 5.41) is 0. The van der Waals surface area contributed by atoms with Gasteiger partial charge in [0.05, 0.1) is 13.0 Å². The zero-order valence-electron chi connectivity index (χ0n) is 7.01. The first-order valence-corrected chi connectivity index (χ1v) is 4.58. The fourth-order valence-electron chi connectivity index (χ4n) is 0.719. The quantitative estimate of drug-likeness (QED) is 0.841. The summed E-state index contributed by atoms with van der Waals surface area (Å²) in [5.74, 6) is 0.192. The molecule has 0 saturated heterocycles. The maximum absolute atomic E-state index is 11.7. The van der Waals surface area contributed by atoms with Crippen molar-refractivity contribution < 1.29 is 17.9 Å². The van der Waals surface area contributed by atoms with E-state index in [1.165, 1.54) is 12.3 Å². The van der Waals surface area contributed by atoms with Crippen LogP contribution in [0.5, 0.6) is 5.88 Å². The van der Waals surface area contributed by atoms with Crippen LogP contribution in [0.4, 0.5) is 13.2 Å². The van der Waals surface area contributed by atoms with Crippen molar-refractivity contribution in [3.8, 4) is 5.88 Å². The fraction of sp³-hybridized carbons (Fsp3) is 0.375. The summed E-state index contributed by atoms with van der Waals surface area (Å²) >= 11 is 3.15. The Balaban J connectivity index is 2.35. The van der Waals surface area contributed by atoms with Crippen molar-refractivity contribution in [1.82, 2.24) is 4.98 Å². The van der Waals surface area contributed by atoms with Gasteiger partial charge in [0.1, 0.15) is 0 Å². The molecule has 0 fully saturated rings. The largest absolute Gasteiger partial charge is 0.477 e. The minimum atomic E-state index is -4.19. The van der Waals surface area contributed by atoms with Gasteiger partial charge in [-0.05, 0) is 22.0 Å². The molecular formula is C8H7BrF3NO. The summed E-state index contributed by atoms with van der Waals surface area (Å²) in [4.78, 5) is 3.76. The lowest BCUT2D eigenvalue weighted by Gasteiger charge is -2.07. The van der Waals surface area contributed by atoms with Gasteiger partial charge in [0.2, 0.25) is 5.88 Å². The van der Waals surface area contributed by atoms with Crippen molar-refractivity contribution >= 4 is 15.9 Å². The van der Waals surface area contributed by atoms with Gasteiger partial charge in [0, 0.05) is 16.7 Å². The average Bonchev–Trinajstić information content (AvgIpc) is 2.06. The van der Waals surface area contributed by atoms with Gasteiger partial charge in [-0.15, -0.1) is 0 Å². The van der Waals surface area contributed by atoms with Crippen LogP contribution in [0.2, 0.25) is 0 Å². The molecule has 1 rings (SSSR count). The Labute approximate surface area is 87.2 Å². The minimum absolute atomic E-state index is 0.192. The smallest absolute Gasteiger partial charge is 0.392 e. The van der Waals surface area contributed by atoms with Crippen LogP contribution in [0.1, 0.15) is 6.42 Å². The molecule has 0 radical (unpaired) electrons. The molecule has 0 bridgehead atoms. The molecular weight excluding hydrogens is 263 g/mol. The molecule has 0 aliphatic heterocycles. The Morgan fingerprint density at radius 1 is 1.36 bits per heavy atom. The summed E-state index contributed by atoms with van der Waals surface area (Å²) < 4.78 is 40.7. The van der Waals surface area contributed by atoms with E-state index >= 15 is 0 Å². The van der Waals surface area contributed by atoms with Gasteiger partial charge >= 0.3 is 6.18 Å². The fourth-order valence-corrected chi connectivity index (χ4v) is 0.953. The third-order valence-corrected chi connectivity index (χ3v) is 1.80. The first-order valence-electron chi connectivity index (χ1n) is 3.78. The molecule has 0 N–H and O–H groups in total. The van der Waals surface area contributed by atoms with Gasteiger partial charge in [-0.3, -0.25) is 0 Å². The van der Waals surface area contributed by atoms with E-state index in [-0.39, 0.29) is 5.88 Å². The molecule has 0 unspecified atom stereocenters. The second-order valence-electron chi connectivity index (χ2n) is 2.53. The van der Waals surface area contributed by atoms with E-state index in [0.717, 1.165) is 4.47 Å². The number of hydrogen-bond acceptors (Lipinski definition) is 2. The van der Waals surface area contributed by atoms with Gasteiger partial charge in [0.15, 0.2) is 0 Å². The number of nitrogens with zero attached hydrogens (tertiary/aromatic N) is 1. The van der Waals surface area contributed by atoms with Crippen molar-refractivity contribution in [3.63, 3.8) is 0 Å². The van der Waals surface area contributed by atoms with E-state index in [2.05, 4.69) is 20.9 Å². The molecule has 0 atom stereocenters. The van der Waals surface area contributed by atoms with E-state index < -0.39 is 19.2 Å². The molecule has 0 amide bonds. The molecule has 14 heavy (non-hydrogen) atoms. The topological polar surface area (TPSA) is 22.1 Å². The second kappa shape index (κ2) is 4.63. The predicted molar refractivity (Wildman–Crippen MR) is 48.1 cm³/mol. The van der Waals surface area contributed by atoms with Crippen molar-refractivity contribution in [1.29, 1.82) is 0 Å². The van der Waals surface area contributed by atoms with Gasteiger partial charge < -0.3 is 4.74 Å². The Morgan fingerprint density at radius 3 is 2.57 bits per heavy atom. The normalized spacial score (nSPS) is 11.4. The third kappa shape index (κ3) is 4.45. The van der Waals surface area contributed by atoms with Gasteiger partial charge in [0.25, 0.3) is 0 Å². The number of ether oxygens (including phenoxy) is 1. The summed E-state index contributed by atoms with van der Waals surface area (Å²) in [5.41, 5.74) is 0. The monoisotopic (exact) mass is 269 g/mol. The van der Waals surface area contributed by atoms with Crippen LogP contribution >= 0.6 is 15.9 Å². The summed E-state index contributed by atoms with van der Waals surface area (Å²) in [6, 6.07) is 3.15. The number of hydrogen-bond donors (Lipinski definition) is 0. The maximum Gasteiger partial charge on any atom is 0.392 e. The Morgan fingerprint density at radius 2 is 2.07 bits per heavy atom. The average molecular weight is 270 g/mol. The molecule has 1 heterocycles. The van der Waals surface area contributed by atoms with Crippen molar-refractivity contribution in [2.75, 3.05) is 6.61 Å². The van der Waals surface area contributed by atoms with E-state index in [1.807, 2.05) is 0 Å². The molecule has 1 aromatic heterocycles. The van der Waals surface area contributed by atoms with E-state index in [1.54, 1.807) is 6.07 Å². The summed E-state index contributed by atoms with van der Waals surface area (Å²) in [7, 11) is 0. The Bertz CT molecular complexity index is 286. The minimum Gasteiger partial charge on any atom is -0.477 e. The van der Waals surface area contributed by atoms with Gasteiger partial charge in [-0.25, -0.2) is 4.98 Å². The standard InChI is InChI=1S/C8H7BrF3NO/c9-6-1-2-7(13-5-6)14-4-3-8(10,11)12/h1-2,5H,3-4H2. The molecule has 0 aliphatic rings. The lowest BCUT2D eigenvalue weighted by molar-refractivity contribution is -0.139. The van der Waals surface area contributed by atoms with Crippen LogP contribution in [0.25, 0.3) is 0 Å². The number of rotatable bonds is 3. The highest BCUT2D eigenvalue weighted by Crippen LogP contribution is 2.20. The molecule has 0 spiro atoms. The predicted octanol–water partition coefficient (Wildman–Crippen LogP) is 3.18. The molecule has 1 aromatic rings. The summed E-state index contributed by atoms with van der Waals surface area (Å²) in [6.07, 6.45) is -3.69. The van der Waals surface area contributed by atoms with Gasteiger partial charge in [-0.2, -0.15) is 13.2 Å². The zero-order valence-corrected chi connectivity index (χ0v) is 8.60. The lowest BCUT2D eigenvalue weighted by atomic mass is 10.4. The first kappa shape index (κ1) is 11.3. The summed E-state index contributed by atoms with van der Waals surface area (Å²) in [6.45, 7) is -0.405. The van der Waals surface area contributed by atoms with E-state index in [4.69, 9.17) is 4.74 Å². The highest BCUT2D eigenvalue weighted by Gasteiger charge is 2.26. The molecule has 0 aliphatic carbocycles. The van der Waals surface area contributed by atoms with Crippen LogP contribution in [0.3, 0.4) is 0 Å². The number of aromatic nitrogens is 1. The molecule has 2 nitrogen and oxygen atoms in total. The lowest BCUT2D eigenvalue weighted by Crippen LogP contribution is -2.13. The van der Waals surface area contributed by atoms with E-state index in [9.17, 15) is 13.2 Å². The van der Waals surface area contributed by atoms with Crippen LogP contribution in [0, 0.1) is 0 Å². The van der Waals surface area contributed by atoms with Crippen LogP contribution in [0.15, 0.2) is 22.8 Å². The maximum atomic E-state index is 11.7. The van der Waals surface area contributed by atoms with Crippen LogP contribution in [-0.2, 0) is 0 Å². The number of alkyl halides is 3. The van der Waals surface area contributed by atoms with E-state index in [0.29, 0.717) is 0 Å². The molecule has 0 saturated carbocycles. The Kier molecular flexibility index (Phi) is 3.74. The highest BCUT2D eigenvalue weighted by molar-refractivity contribution is 9.10. The van der Waals surface area contributed by atoms with Crippen molar-refractivity contribution in [2.45, 2.75) is 12.6 Å². The zero-order chi connectivity index (χ0) is 10.6. The second-order valence-corrected chi connectivity index (χ2v) is 3.44. The van der Waals surface area contributed by atoms with Gasteiger partial charge in [-0.1, -0.05) is 0 Å². The molecule has 78 valence electrons. The molecule has 0 aromatic carbocycles. The van der Waals surface area contributed by atoms with Crippen molar-refractivity contribution in [2.24, 2.45) is 0 Å². The Hall–Kier alpha value is -0.780. The van der Waals surface area contributed by atoms with Crippen LogP contribution < -0.4 is 4.74 Å². The van der Waals surface area contributed by atoms with Crippen LogP contribution in [-0.4, -0.2) is 17.8 Å². The highest BCUT2D eigenvalue weighted by atomic mass is 79.9. The number of halogens is 4. The third-order valence-electron chi connectivity index (χ3n) is 1.34. The van der Waals surface area contributed by atoms with Crippen molar-refractivity contribution in [3.05, 3.63) is 22.8 Å². The SMILES string of the molecule is FC(F)(F)CCOc1ccc(Br)cn1. The first-order chi connectivity index (χ1) is 6.47. The number of pyridine rings is 1. The molecule has 6 heteroatoms.